The molecule has 10 nitrogen and oxygen atoms in total. The maximum absolute atomic E-state index is 12.9. The number of ether oxygens (including phenoxy) is 3. The first-order valence-corrected chi connectivity index (χ1v) is 11.6. The van der Waals surface area contributed by atoms with Gasteiger partial charge in [-0.05, 0) is 61.5 Å². The van der Waals surface area contributed by atoms with Crippen molar-refractivity contribution in [1.29, 1.82) is 0 Å². The van der Waals surface area contributed by atoms with Gasteiger partial charge in [-0.15, -0.1) is 0 Å². The van der Waals surface area contributed by atoms with E-state index in [1.807, 2.05) is 0 Å². The van der Waals surface area contributed by atoms with Crippen LogP contribution in [0.4, 0.5) is 5.69 Å². The van der Waals surface area contributed by atoms with Crippen molar-refractivity contribution in [3.63, 3.8) is 0 Å². The third-order valence-electron chi connectivity index (χ3n) is 5.73. The van der Waals surface area contributed by atoms with Crippen LogP contribution in [-0.4, -0.2) is 42.2 Å². The molecule has 0 saturated carbocycles. The molecule has 0 aliphatic rings. The first kappa shape index (κ1) is 24.6. The highest BCUT2D eigenvalue weighted by atomic mass is 16.5. The lowest BCUT2D eigenvalue weighted by molar-refractivity contribution is -0.123. The summed E-state index contributed by atoms with van der Waals surface area (Å²) in [6.07, 6.45) is 1.99. The molecular weight excluding hydrogens is 490 g/mol. The number of rotatable bonds is 8. The Morgan fingerprint density at radius 2 is 1.53 bits per heavy atom. The van der Waals surface area contributed by atoms with E-state index < -0.39 is 18.0 Å². The topological polar surface area (TPSA) is 126 Å². The Kier molecular flexibility index (Phi) is 6.77. The number of carbonyl (C=O) groups excluding carboxylic acids is 2. The zero-order valence-corrected chi connectivity index (χ0v) is 20.8. The summed E-state index contributed by atoms with van der Waals surface area (Å²) in [5, 5.41) is 2.70. The maximum Gasteiger partial charge on any atom is 0.338 e. The van der Waals surface area contributed by atoms with E-state index in [2.05, 4.69) is 10.3 Å². The molecular formula is C28H23N3O7. The first-order chi connectivity index (χ1) is 18.5. The van der Waals surface area contributed by atoms with Crippen LogP contribution in [0.1, 0.15) is 17.3 Å². The van der Waals surface area contributed by atoms with Gasteiger partial charge < -0.3 is 28.4 Å². The Hall–Kier alpha value is -5.12. The van der Waals surface area contributed by atoms with Crippen LogP contribution in [0.25, 0.3) is 33.9 Å². The molecule has 0 fully saturated rings. The molecule has 1 N–H and O–H groups in total. The number of nitrogens with one attached hydrogen (secondary N) is 1. The summed E-state index contributed by atoms with van der Waals surface area (Å²) in [5.41, 5.74) is 2.55. The Balaban J connectivity index is 1.38. The van der Waals surface area contributed by atoms with E-state index in [1.54, 1.807) is 66.9 Å². The van der Waals surface area contributed by atoms with E-state index in [1.165, 1.54) is 27.4 Å². The van der Waals surface area contributed by atoms with Gasteiger partial charge in [-0.25, -0.2) is 14.8 Å². The number of benzene rings is 2. The van der Waals surface area contributed by atoms with Crippen LogP contribution in [0.3, 0.4) is 0 Å². The Bertz CT molecular complexity index is 1590. The summed E-state index contributed by atoms with van der Waals surface area (Å²) in [5.74, 6) is 0.773. The summed E-state index contributed by atoms with van der Waals surface area (Å²) in [6, 6.07) is 16.8. The molecule has 192 valence electrons. The number of furan rings is 2. The Morgan fingerprint density at radius 1 is 0.842 bits per heavy atom. The van der Waals surface area contributed by atoms with Crippen molar-refractivity contribution >= 4 is 28.6 Å². The van der Waals surface area contributed by atoms with Gasteiger partial charge in [-0.2, -0.15) is 0 Å². The van der Waals surface area contributed by atoms with Gasteiger partial charge >= 0.3 is 5.97 Å². The number of carbonyl (C=O) groups is 2. The molecule has 5 rings (SSSR count). The molecule has 0 spiro atoms. The van der Waals surface area contributed by atoms with Crippen molar-refractivity contribution in [1.82, 2.24) is 9.97 Å². The SMILES string of the molecule is COc1ccc(OC)c(NC(=O)C(C)OC(=O)c2ccc3nc(-c4ccco4)c(-c4ccco4)nc3c2)c1. The lowest BCUT2D eigenvalue weighted by Crippen LogP contribution is -2.30. The number of fused-ring (bicyclic) bond motifs is 1. The molecule has 10 heteroatoms. The number of nitrogens with zero attached hydrogens (tertiary/aromatic N) is 2. The van der Waals surface area contributed by atoms with Crippen LogP contribution in [0.5, 0.6) is 11.5 Å². The lowest BCUT2D eigenvalue weighted by atomic mass is 10.1. The van der Waals surface area contributed by atoms with Crippen molar-refractivity contribution in [2.45, 2.75) is 13.0 Å². The zero-order valence-electron chi connectivity index (χ0n) is 20.8. The van der Waals surface area contributed by atoms with E-state index in [9.17, 15) is 9.59 Å². The monoisotopic (exact) mass is 513 g/mol. The Morgan fingerprint density at radius 3 is 2.13 bits per heavy atom. The Labute approximate surface area is 217 Å². The largest absolute Gasteiger partial charge is 0.497 e. The molecule has 1 unspecified atom stereocenters. The van der Waals surface area contributed by atoms with Crippen molar-refractivity contribution in [3.05, 3.63) is 78.8 Å². The molecule has 2 aromatic carbocycles. The fraction of sp³-hybridized carbons (Fsp3) is 0.143. The van der Waals surface area contributed by atoms with Gasteiger partial charge in [0, 0.05) is 6.07 Å². The highest BCUT2D eigenvalue weighted by molar-refractivity contribution is 5.99. The van der Waals surface area contributed by atoms with E-state index in [4.69, 9.17) is 28.0 Å². The molecule has 0 saturated heterocycles. The van der Waals surface area contributed by atoms with Gasteiger partial charge in [-0.3, -0.25) is 4.79 Å². The number of amides is 1. The molecule has 5 aromatic rings. The minimum atomic E-state index is -1.10. The first-order valence-electron chi connectivity index (χ1n) is 11.6. The molecule has 0 aliphatic carbocycles. The summed E-state index contributed by atoms with van der Waals surface area (Å²) in [4.78, 5) is 35.1. The smallest absolute Gasteiger partial charge is 0.338 e. The third-order valence-corrected chi connectivity index (χ3v) is 5.73. The average Bonchev–Trinajstić information content (AvgIpc) is 3.67. The second-order valence-electron chi connectivity index (χ2n) is 8.18. The van der Waals surface area contributed by atoms with Gasteiger partial charge in [0.2, 0.25) is 0 Å². The van der Waals surface area contributed by atoms with Crippen molar-refractivity contribution in [3.8, 4) is 34.4 Å². The number of hydrogen-bond donors (Lipinski definition) is 1. The van der Waals surface area contributed by atoms with E-state index in [-0.39, 0.29) is 5.56 Å². The molecule has 1 amide bonds. The van der Waals surface area contributed by atoms with Gasteiger partial charge in [-0.1, -0.05) is 0 Å². The van der Waals surface area contributed by atoms with Gasteiger partial charge in [0.1, 0.15) is 22.9 Å². The van der Waals surface area contributed by atoms with Crippen molar-refractivity contribution in [2.24, 2.45) is 0 Å². The lowest BCUT2D eigenvalue weighted by Gasteiger charge is -2.16. The van der Waals surface area contributed by atoms with Crippen LogP contribution in [0, 0.1) is 0 Å². The van der Waals surface area contributed by atoms with Gasteiger partial charge in [0.25, 0.3) is 5.91 Å². The number of anilines is 1. The average molecular weight is 514 g/mol. The van der Waals surface area contributed by atoms with Crippen LogP contribution < -0.4 is 14.8 Å². The predicted molar refractivity (Wildman–Crippen MR) is 138 cm³/mol. The summed E-state index contributed by atoms with van der Waals surface area (Å²) in [6.45, 7) is 1.48. The predicted octanol–water partition coefficient (Wildman–Crippen LogP) is 5.35. The second kappa shape index (κ2) is 10.5. The summed E-state index contributed by atoms with van der Waals surface area (Å²) >= 11 is 0. The van der Waals surface area contributed by atoms with Crippen LogP contribution >= 0.6 is 0 Å². The second-order valence-corrected chi connectivity index (χ2v) is 8.18. The highest BCUT2D eigenvalue weighted by Crippen LogP contribution is 2.32. The summed E-state index contributed by atoms with van der Waals surface area (Å²) in [7, 11) is 3.00. The van der Waals surface area contributed by atoms with Crippen molar-refractivity contribution in [2.75, 3.05) is 19.5 Å². The number of methoxy groups -OCH3 is 2. The number of aromatic nitrogens is 2. The minimum absolute atomic E-state index is 0.210. The highest BCUT2D eigenvalue weighted by Gasteiger charge is 2.22. The molecule has 0 bridgehead atoms. The van der Waals surface area contributed by atoms with Gasteiger partial charge in [0.05, 0.1) is 49.0 Å². The number of hydrogen-bond acceptors (Lipinski definition) is 9. The molecule has 0 radical (unpaired) electrons. The summed E-state index contributed by atoms with van der Waals surface area (Å²) < 4.78 is 27.0. The standard InChI is InChI=1S/C28H23N3O7/c1-16(27(32)31-21-15-18(34-2)9-11-22(21)35-3)38-28(33)17-8-10-19-20(14-17)30-26(24-7-5-13-37-24)25(29-19)23-6-4-12-36-23/h4-16H,1-3H3,(H,31,32). The van der Waals surface area contributed by atoms with E-state index in [0.717, 1.165) is 0 Å². The van der Waals surface area contributed by atoms with Crippen LogP contribution in [-0.2, 0) is 9.53 Å². The molecule has 3 aromatic heterocycles. The van der Waals surface area contributed by atoms with Crippen LogP contribution in [0.15, 0.2) is 82.0 Å². The zero-order chi connectivity index (χ0) is 26.6. The fourth-order valence-corrected chi connectivity index (χ4v) is 3.78. The van der Waals surface area contributed by atoms with Crippen molar-refractivity contribution < 1.29 is 32.6 Å². The quantitative estimate of drug-likeness (QED) is 0.273. The van der Waals surface area contributed by atoms with Crippen LogP contribution in [0.2, 0.25) is 0 Å². The molecule has 3 heterocycles. The molecule has 0 aliphatic heterocycles. The van der Waals surface area contributed by atoms with E-state index in [0.29, 0.717) is 51.1 Å². The third kappa shape index (κ3) is 4.92. The fourth-order valence-electron chi connectivity index (χ4n) is 3.78. The molecule has 38 heavy (non-hydrogen) atoms. The van der Waals surface area contributed by atoms with E-state index >= 15 is 0 Å². The number of esters is 1. The minimum Gasteiger partial charge on any atom is -0.497 e. The normalized spacial score (nSPS) is 11.7. The maximum atomic E-state index is 12.9. The van der Waals surface area contributed by atoms with Gasteiger partial charge in [0.15, 0.2) is 17.6 Å². The molecule has 1 atom stereocenters.